The number of anilines is 2. The monoisotopic (exact) mass is 391 g/mol. The summed E-state index contributed by atoms with van der Waals surface area (Å²) >= 11 is 0. The van der Waals surface area contributed by atoms with Crippen molar-refractivity contribution >= 4 is 28.4 Å². The average molecular weight is 391 g/mol. The molecule has 1 N–H and O–H groups in total. The molecule has 0 radical (unpaired) electrons. The number of fused-ring (bicyclic) bond motifs is 1. The summed E-state index contributed by atoms with van der Waals surface area (Å²) in [5.74, 6) is -0.0794. The highest BCUT2D eigenvalue weighted by Crippen LogP contribution is 2.32. The van der Waals surface area contributed by atoms with Crippen LogP contribution in [0.2, 0.25) is 0 Å². The number of hydrogen-bond donors (Lipinski definition) is 1. The van der Waals surface area contributed by atoms with Crippen LogP contribution in [0.5, 0.6) is 0 Å². The highest BCUT2D eigenvalue weighted by molar-refractivity contribution is 6.08. The Bertz CT molecular complexity index is 1020. The number of piperidine rings is 1. The summed E-state index contributed by atoms with van der Waals surface area (Å²) in [6.45, 7) is 2.83. The fourth-order valence-corrected chi connectivity index (χ4v) is 3.83. The molecule has 2 fully saturated rings. The van der Waals surface area contributed by atoms with E-state index in [-0.39, 0.29) is 5.91 Å². The largest absolute Gasteiger partial charge is 0.347 e. The van der Waals surface area contributed by atoms with E-state index in [0.29, 0.717) is 30.4 Å². The van der Waals surface area contributed by atoms with Crippen LogP contribution in [-0.4, -0.2) is 52.9 Å². The highest BCUT2D eigenvalue weighted by atomic mass is 16.7. The summed E-state index contributed by atoms with van der Waals surface area (Å²) in [6, 6.07) is 9.51. The first-order valence-electron chi connectivity index (χ1n) is 9.73. The van der Waals surface area contributed by atoms with Gasteiger partial charge >= 0.3 is 0 Å². The summed E-state index contributed by atoms with van der Waals surface area (Å²) in [5, 5.41) is 3.87. The van der Waals surface area contributed by atoms with Crippen LogP contribution in [0, 0.1) is 0 Å². The molecule has 2 aliphatic heterocycles. The predicted octanol–water partition coefficient (Wildman–Crippen LogP) is 2.62. The van der Waals surface area contributed by atoms with Gasteiger partial charge in [0.2, 0.25) is 5.95 Å². The molecule has 1 spiro atoms. The molecular formula is C21H21N5O3. The Morgan fingerprint density at radius 1 is 1.00 bits per heavy atom. The van der Waals surface area contributed by atoms with E-state index >= 15 is 0 Å². The summed E-state index contributed by atoms with van der Waals surface area (Å²) in [5.41, 5.74) is 1.81. The second kappa shape index (κ2) is 7.38. The van der Waals surface area contributed by atoms with Crippen molar-refractivity contribution in [1.29, 1.82) is 0 Å². The van der Waals surface area contributed by atoms with E-state index in [2.05, 4.69) is 25.2 Å². The van der Waals surface area contributed by atoms with E-state index in [0.717, 1.165) is 36.8 Å². The lowest BCUT2D eigenvalue weighted by molar-refractivity contribution is -0.169. The molecule has 8 nitrogen and oxygen atoms in total. The number of carbonyl (C=O) groups excluding carboxylic acids is 1. The summed E-state index contributed by atoms with van der Waals surface area (Å²) in [4.78, 5) is 27.9. The van der Waals surface area contributed by atoms with Crippen molar-refractivity contribution in [2.45, 2.75) is 18.6 Å². The summed E-state index contributed by atoms with van der Waals surface area (Å²) in [7, 11) is 0. The SMILES string of the molecule is O=C(Nc1cccc2cccnc12)c1cnc(N2CCC3(CC2)OCCO3)nc1. The maximum absolute atomic E-state index is 12.6. The summed E-state index contributed by atoms with van der Waals surface area (Å²) < 4.78 is 11.5. The number of nitrogens with one attached hydrogen (secondary N) is 1. The topological polar surface area (TPSA) is 89.5 Å². The molecule has 0 bridgehead atoms. The molecule has 1 amide bonds. The smallest absolute Gasteiger partial charge is 0.258 e. The molecule has 0 aliphatic carbocycles. The predicted molar refractivity (Wildman–Crippen MR) is 108 cm³/mol. The Labute approximate surface area is 167 Å². The van der Waals surface area contributed by atoms with Gasteiger partial charge in [-0.05, 0) is 12.1 Å². The van der Waals surface area contributed by atoms with Gasteiger partial charge in [-0.25, -0.2) is 9.97 Å². The molecule has 0 unspecified atom stereocenters. The van der Waals surface area contributed by atoms with Crippen LogP contribution in [0.25, 0.3) is 10.9 Å². The van der Waals surface area contributed by atoms with Crippen LogP contribution in [0.3, 0.4) is 0 Å². The number of hydrogen-bond acceptors (Lipinski definition) is 7. The van der Waals surface area contributed by atoms with Crippen LogP contribution >= 0.6 is 0 Å². The second-order valence-corrected chi connectivity index (χ2v) is 7.20. The summed E-state index contributed by atoms with van der Waals surface area (Å²) in [6.07, 6.45) is 6.39. The van der Waals surface area contributed by atoms with Gasteiger partial charge in [-0.15, -0.1) is 0 Å². The van der Waals surface area contributed by atoms with Crippen molar-refractivity contribution < 1.29 is 14.3 Å². The fourth-order valence-electron chi connectivity index (χ4n) is 3.83. The van der Waals surface area contributed by atoms with Gasteiger partial charge < -0.3 is 19.7 Å². The zero-order valence-electron chi connectivity index (χ0n) is 15.9. The molecular weight excluding hydrogens is 370 g/mol. The minimum absolute atomic E-state index is 0.264. The molecule has 5 rings (SSSR count). The number of benzene rings is 1. The first kappa shape index (κ1) is 18.0. The van der Waals surface area contributed by atoms with Gasteiger partial charge in [-0.2, -0.15) is 0 Å². The Morgan fingerprint density at radius 3 is 2.48 bits per heavy atom. The third kappa shape index (κ3) is 3.52. The van der Waals surface area contributed by atoms with Crippen molar-refractivity contribution in [3.63, 3.8) is 0 Å². The van der Waals surface area contributed by atoms with Gasteiger partial charge in [0.05, 0.1) is 30.0 Å². The molecule has 148 valence electrons. The minimum Gasteiger partial charge on any atom is -0.347 e. The molecule has 2 aliphatic rings. The molecule has 0 atom stereocenters. The van der Waals surface area contributed by atoms with Gasteiger partial charge in [0.25, 0.3) is 5.91 Å². The molecule has 29 heavy (non-hydrogen) atoms. The maximum Gasteiger partial charge on any atom is 0.258 e. The van der Waals surface area contributed by atoms with E-state index in [1.807, 2.05) is 30.3 Å². The van der Waals surface area contributed by atoms with Crippen LogP contribution in [0.15, 0.2) is 48.9 Å². The second-order valence-electron chi connectivity index (χ2n) is 7.20. The van der Waals surface area contributed by atoms with Crippen LogP contribution < -0.4 is 10.2 Å². The van der Waals surface area contributed by atoms with Crippen LogP contribution in [-0.2, 0) is 9.47 Å². The number of ether oxygens (including phenoxy) is 2. The standard InChI is InChI=1S/C21H21N5O3/c27-19(25-17-5-1-3-15-4-2-8-22-18(15)17)16-13-23-20(24-14-16)26-9-6-21(7-10-26)28-11-12-29-21/h1-5,8,13-14H,6-7,9-12H2,(H,25,27). The highest BCUT2D eigenvalue weighted by Gasteiger charge is 2.40. The van der Waals surface area contributed by atoms with Gasteiger partial charge in [-0.3, -0.25) is 9.78 Å². The minimum atomic E-state index is -0.428. The van der Waals surface area contributed by atoms with Gasteiger partial charge in [0.1, 0.15) is 0 Å². The van der Waals surface area contributed by atoms with Crippen LogP contribution in [0.4, 0.5) is 11.6 Å². The average Bonchev–Trinajstić information content (AvgIpc) is 3.22. The molecule has 0 saturated carbocycles. The zero-order valence-corrected chi connectivity index (χ0v) is 15.9. The Morgan fingerprint density at radius 2 is 1.72 bits per heavy atom. The molecule has 3 aromatic rings. The zero-order chi connectivity index (χ0) is 19.7. The van der Waals surface area contributed by atoms with Crippen LogP contribution in [0.1, 0.15) is 23.2 Å². The maximum atomic E-state index is 12.6. The molecule has 1 aromatic carbocycles. The molecule has 8 heteroatoms. The fraction of sp³-hybridized carbons (Fsp3) is 0.333. The number of carbonyl (C=O) groups is 1. The lowest BCUT2D eigenvalue weighted by Crippen LogP contribution is -2.45. The normalized spacial score (nSPS) is 18.3. The van der Waals surface area contributed by atoms with Gasteiger partial charge in [-0.1, -0.05) is 18.2 Å². The van der Waals surface area contributed by atoms with E-state index in [1.54, 1.807) is 18.6 Å². The molecule has 4 heterocycles. The first-order valence-corrected chi connectivity index (χ1v) is 9.73. The number of nitrogens with zero attached hydrogens (tertiary/aromatic N) is 4. The van der Waals surface area contributed by atoms with E-state index < -0.39 is 5.79 Å². The Kier molecular flexibility index (Phi) is 4.57. The van der Waals surface area contributed by atoms with Crippen molar-refractivity contribution in [3.8, 4) is 0 Å². The number of amides is 1. The molecule has 2 saturated heterocycles. The number of para-hydroxylation sites is 1. The lowest BCUT2D eigenvalue weighted by atomic mass is 10.0. The van der Waals surface area contributed by atoms with Gasteiger partial charge in [0.15, 0.2) is 5.79 Å². The van der Waals surface area contributed by atoms with Gasteiger partial charge in [0, 0.05) is 49.9 Å². The Hall–Kier alpha value is -3.10. The number of pyridine rings is 1. The number of aromatic nitrogens is 3. The van der Waals surface area contributed by atoms with Crippen molar-refractivity contribution in [1.82, 2.24) is 15.0 Å². The Balaban J connectivity index is 1.27. The lowest BCUT2D eigenvalue weighted by Gasteiger charge is -2.37. The van der Waals surface area contributed by atoms with Crippen molar-refractivity contribution in [3.05, 3.63) is 54.5 Å². The van der Waals surface area contributed by atoms with E-state index in [9.17, 15) is 4.79 Å². The third-order valence-electron chi connectivity index (χ3n) is 5.40. The quantitative estimate of drug-likeness (QED) is 0.734. The van der Waals surface area contributed by atoms with E-state index in [4.69, 9.17) is 9.47 Å². The van der Waals surface area contributed by atoms with E-state index in [1.165, 1.54) is 0 Å². The van der Waals surface area contributed by atoms with Crippen molar-refractivity contribution in [2.75, 3.05) is 36.5 Å². The molecule has 2 aromatic heterocycles. The number of rotatable bonds is 3. The van der Waals surface area contributed by atoms with Crippen molar-refractivity contribution in [2.24, 2.45) is 0 Å². The first-order chi connectivity index (χ1) is 14.2. The third-order valence-corrected chi connectivity index (χ3v) is 5.40.